The first-order valence-corrected chi connectivity index (χ1v) is 16.5. The molecule has 2 bridgehead atoms. The lowest BCUT2D eigenvalue weighted by Gasteiger charge is -2.26. The number of hydrogen-bond acceptors (Lipinski definition) is 8. The number of amides is 1. The number of rotatable bonds is 5. The van der Waals surface area contributed by atoms with Gasteiger partial charge >= 0.3 is 5.97 Å². The van der Waals surface area contributed by atoms with E-state index in [0.717, 1.165) is 36.3 Å². The van der Waals surface area contributed by atoms with E-state index in [0.29, 0.717) is 18.1 Å². The summed E-state index contributed by atoms with van der Waals surface area (Å²) in [6, 6.07) is 10.7. The van der Waals surface area contributed by atoms with Gasteiger partial charge in [0, 0.05) is 12.2 Å². The Morgan fingerprint density at radius 3 is 2.39 bits per heavy atom. The van der Waals surface area contributed by atoms with Crippen LogP contribution in [0.1, 0.15) is 38.7 Å². The number of fused-ring (bicyclic) bond motifs is 16. The predicted octanol–water partition coefficient (Wildman–Crippen LogP) is 4.25. The molecule has 1 amide bonds. The number of hydrogen-bond donors (Lipinski definition) is 1. The van der Waals surface area contributed by atoms with Gasteiger partial charge < -0.3 is 14.8 Å². The largest absolute Gasteiger partial charge is 0.494 e. The van der Waals surface area contributed by atoms with Crippen LogP contribution in [0.4, 0.5) is 4.39 Å². The number of thioether (sulfide) groups is 1. The van der Waals surface area contributed by atoms with E-state index in [9.17, 15) is 27.2 Å². The van der Waals surface area contributed by atoms with Crippen molar-refractivity contribution in [1.29, 1.82) is 0 Å². The maximum Gasteiger partial charge on any atom is 0.309 e. The molecule has 0 saturated carbocycles. The van der Waals surface area contributed by atoms with Crippen molar-refractivity contribution in [2.45, 2.75) is 50.5 Å². The van der Waals surface area contributed by atoms with Crippen molar-refractivity contribution >= 4 is 39.3 Å². The molecule has 11 heteroatoms. The van der Waals surface area contributed by atoms with Crippen molar-refractivity contribution in [3.63, 3.8) is 0 Å². The molecule has 2 aliphatic rings. The summed E-state index contributed by atoms with van der Waals surface area (Å²) in [4.78, 5) is 39.4. The summed E-state index contributed by atoms with van der Waals surface area (Å²) in [5, 5.41) is 2.79. The van der Waals surface area contributed by atoms with Crippen molar-refractivity contribution in [2.24, 2.45) is 17.8 Å². The number of ether oxygens (including phenoxy) is 2. The zero-order chi connectivity index (χ0) is 30.0. The molecule has 8 nitrogen and oxygen atoms in total. The summed E-state index contributed by atoms with van der Waals surface area (Å²) in [7, 11) is -2.69. The van der Waals surface area contributed by atoms with E-state index in [-0.39, 0.29) is 29.4 Å². The lowest BCUT2D eigenvalue weighted by atomic mass is 9.92. The van der Waals surface area contributed by atoms with Crippen LogP contribution < -0.4 is 10.1 Å². The lowest BCUT2D eigenvalue weighted by Crippen LogP contribution is -2.49. The molecule has 4 rings (SSSR count). The van der Waals surface area contributed by atoms with E-state index in [4.69, 9.17) is 9.47 Å². The van der Waals surface area contributed by atoms with Gasteiger partial charge in [0.25, 0.3) is 0 Å². The zero-order valence-electron chi connectivity index (χ0n) is 23.6. The van der Waals surface area contributed by atoms with E-state index in [1.807, 2.05) is 0 Å². The number of esters is 1. The Morgan fingerprint density at radius 1 is 1.07 bits per heavy atom. The third-order valence-corrected chi connectivity index (χ3v) is 9.98. The maximum absolute atomic E-state index is 13.6. The van der Waals surface area contributed by atoms with Crippen LogP contribution in [0.3, 0.4) is 0 Å². The fourth-order valence-electron chi connectivity index (χ4n) is 4.60. The number of benzene rings is 2. The quantitative estimate of drug-likeness (QED) is 0.396. The topological polar surface area (TPSA) is 116 Å². The number of Topliss-reactive ketones (excluding diaryl/α,β-unsaturated/α-hetero) is 1. The van der Waals surface area contributed by atoms with Crippen LogP contribution in [0, 0.1) is 23.6 Å². The molecule has 0 fully saturated rings. The molecule has 0 unspecified atom stereocenters. The number of carbonyl (C=O) groups is 3. The Morgan fingerprint density at radius 2 is 1.76 bits per heavy atom. The average molecular weight is 608 g/mol. The van der Waals surface area contributed by atoms with Crippen LogP contribution in [-0.4, -0.2) is 63.1 Å². The second-order valence-corrected chi connectivity index (χ2v) is 13.7. The van der Waals surface area contributed by atoms with Crippen molar-refractivity contribution in [2.75, 3.05) is 31.0 Å². The molecule has 1 N–H and O–H groups in total. The summed E-state index contributed by atoms with van der Waals surface area (Å²) in [5.74, 6) is -2.67. The number of ketones is 1. The van der Waals surface area contributed by atoms with Crippen molar-refractivity contribution in [1.82, 2.24) is 5.32 Å². The molecule has 0 spiro atoms. The molecule has 0 radical (unpaired) electrons. The second-order valence-electron chi connectivity index (χ2n) is 10.5. The fourth-order valence-corrected chi connectivity index (χ4v) is 7.25. The van der Waals surface area contributed by atoms with Gasteiger partial charge in [0.2, 0.25) is 5.91 Å². The Bertz CT molecular complexity index is 1280. The number of sulfone groups is 1. The summed E-state index contributed by atoms with van der Waals surface area (Å²) < 4.78 is 50.7. The third-order valence-electron chi connectivity index (χ3n) is 6.93. The molecule has 0 aliphatic carbocycles. The Balaban J connectivity index is 1.93. The second kappa shape index (κ2) is 15.3. The van der Waals surface area contributed by atoms with Gasteiger partial charge in [0.15, 0.2) is 15.6 Å². The first-order chi connectivity index (χ1) is 19.5. The van der Waals surface area contributed by atoms with Gasteiger partial charge in [-0.25, -0.2) is 12.8 Å². The van der Waals surface area contributed by atoms with E-state index < -0.39 is 51.2 Å². The fraction of sp³-hybridized carbons (Fsp3) is 0.500. The van der Waals surface area contributed by atoms with Crippen molar-refractivity contribution in [3.8, 4) is 5.75 Å². The average Bonchev–Trinajstić information content (AvgIpc) is 2.94. The van der Waals surface area contributed by atoms with Gasteiger partial charge in [-0.15, -0.1) is 0 Å². The molecule has 224 valence electrons. The van der Waals surface area contributed by atoms with Gasteiger partial charge in [-0.1, -0.05) is 26.0 Å². The predicted molar refractivity (Wildman–Crippen MR) is 156 cm³/mol. The van der Waals surface area contributed by atoms with Crippen LogP contribution in [0.5, 0.6) is 5.75 Å². The molecule has 0 saturated heterocycles. The summed E-state index contributed by atoms with van der Waals surface area (Å²) in [6.45, 7) is 4.07. The highest BCUT2D eigenvalue weighted by Gasteiger charge is 2.33. The van der Waals surface area contributed by atoms with Gasteiger partial charge in [-0.2, -0.15) is 11.8 Å². The highest BCUT2D eigenvalue weighted by Crippen LogP contribution is 2.23. The van der Waals surface area contributed by atoms with Crippen LogP contribution in [0.2, 0.25) is 0 Å². The van der Waals surface area contributed by atoms with Gasteiger partial charge in [-0.3, -0.25) is 14.4 Å². The Kier molecular flexibility index (Phi) is 12.2. The minimum Gasteiger partial charge on any atom is -0.494 e. The number of carbonyl (C=O) groups excluding carboxylic acids is 3. The summed E-state index contributed by atoms with van der Waals surface area (Å²) >= 11 is 1.56. The molecule has 0 aromatic heterocycles. The summed E-state index contributed by atoms with van der Waals surface area (Å²) in [6.07, 6.45) is 1.67. The third kappa shape index (κ3) is 9.85. The molecule has 2 heterocycles. The van der Waals surface area contributed by atoms with Gasteiger partial charge in [-0.05, 0) is 72.9 Å². The van der Waals surface area contributed by atoms with Gasteiger partial charge in [0.1, 0.15) is 11.6 Å². The van der Waals surface area contributed by atoms with Crippen LogP contribution in [-0.2, 0) is 35.4 Å². The highest BCUT2D eigenvalue weighted by molar-refractivity contribution is 7.99. The number of nitrogens with one attached hydrogen (secondary N) is 1. The SMILES string of the molecule is COC(=O)[C@@H]1CSCCCCOc2ccc(cc2)C[C@H](CS(=O)(=O)c2ccc(F)cc2)C(=O)N[C@@H](C(C)C)C(=O)C1. The lowest BCUT2D eigenvalue weighted by molar-refractivity contribution is -0.146. The Labute approximate surface area is 245 Å². The Hall–Kier alpha value is -2.92. The molecule has 2 aliphatic heterocycles. The standard InChI is InChI=1S/C30H38FNO7S2/c1-20(2)28-27(33)17-22(30(35)38-3)18-40-15-5-4-14-39-25-10-6-21(7-11-25)16-23(29(34)32-28)19-41(36,37)26-12-8-24(31)9-13-26/h6-13,20,22-23,28H,4-5,14-19H2,1-3H3,(H,32,34)/t22-,23+,28-/m0/s1. The molecule has 3 atom stereocenters. The maximum atomic E-state index is 13.6. The van der Waals surface area contributed by atoms with E-state index in [2.05, 4.69) is 5.32 Å². The first-order valence-electron chi connectivity index (χ1n) is 13.7. The zero-order valence-corrected chi connectivity index (χ0v) is 25.3. The first kappa shape index (κ1) is 32.6. The van der Waals surface area contributed by atoms with E-state index in [1.165, 1.54) is 19.2 Å². The highest BCUT2D eigenvalue weighted by atomic mass is 32.2. The molecular formula is C30H38FNO7S2. The van der Waals surface area contributed by atoms with Crippen LogP contribution in [0.25, 0.3) is 0 Å². The minimum atomic E-state index is -3.97. The van der Waals surface area contributed by atoms with Crippen LogP contribution in [0.15, 0.2) is 53.4 Å². The number of halogens is 1. The van der Waals surface area contributed by atoms with Crippen LogP contribution >= 0.6 is 11.8 Å². The smallest absolute Gasteiger partial charge is 0.309 e. The normalized spacial score (nSPS) is 21.7. The van der Waals surface area contributed by atoms with E-state index >= 15 is 0 Å². The van der Waals surface area contributed by atoms with Gasteiger partial charge in [0.05, 0.1) is 42.2 Å². The molecule has 2 aromatic carbocycles. The molecular weight excluding hydrogens is 569 g/mol. The molecule has 41 heavy (non-hydrogen) atoms. The number of methoxy groups -OCH3 is 1. The monoisotopic (exact) mass is 607 g/mol. The minimum absolute atomic E-state index is 0.0902. The van der Waals surface area contributed by atoms with E-state index in [1.54, 1.807) is 49.9 Å². The molecule has 2 aromatic rings. The van der Waals surface area contributed by atoms with Crippen molar-refractivity contribution in [3.05, 3.63) is 59.9 Å². The summed E-state index contributed by atoms with van der Waals surface area (Å²) in [5.41, 5.74) is 0.722. The van der Waals surface area contributed by atoms with Crippen molar-refractivity contribution < 1.29 is 36.7 Å².